The molecule has 0 amide bonds. The van der Waals surface area contributed by atoms with Crippen molar-refractivity contribution in [3.63, 3.8) is 0 Å². The number of anilines is 1. The van der Waals surface area contributed by atoms with Gasteiger partial charge in [0.1, 0.15) is 12.7 Å². The summed E-state index contributed by atoms with van der Waals surface area (Å²) in [6.45, 7) is 0.496. The molecular weight excluding hydrogens is 338 g/mol. The molecule has 1 N–H and O–H groups in total. The molecule has 0 aliphatic rings. The molecule has 124 valence electrons. The van der Waals surface area contributed by atoms with E-state index in [9.17, 15) is 17.2 Å². The third-order valence-corrected chi connectivity index (χ3v) is 4.60. The predicted octanol–water partition coefficient (Wildman–Crippen LogP) is 2.41. The van der Waals surface area contributed by atoms with Gasteiger partial charge in [-0.2, -0.15) is 5.10 Å². The number of sulfonamides is 1. The number of nitrogens with zero attached hydrogens (tertiary/aromatic N) is 3. The number of rotatable bonds is 5. The SMILES string of the molecule is O=S(=O)(Nc1ccc(Cn2cncn2)cc1)c1ccc(F)c(F)c1. The molecule has 1 aromatic heterocycles. The lowest BCUT2D eigenvalue weighted by atomic mass is 10.2. The lowest BCUT2D eigenvalue weighted by Gasteiger charge is -2.09. The van der Waals surface area contributed by atoms with Gasteiger partial charge < -0.3 is 0 Å². The topological polar surface area (TPSA) is 76.9 Å². The second kappa shape index (κ2) is 6.36. The van der Waals surface area contributed by atoms with E-state index in [1.807, 2.05) is 0 Å². The smallest absolute Gasteiger partial charge is 0.261 e. The molecule has 9 heteroatoms. The summed E-state index contributed by atoms with van der Waals surface area (Å²) >= 11 is 0. The predicted molar refractivity (Wildman–Crippen MR) is 82.7 cm³/mol. The minimum absolute atomic E-state index is 0.307. The number of hydrogen-bond donors (Lipinski definition) is 1. The second-order valence-electron chi connectivity index (χ2n) is 4.97. The van der Waals surface area contributed by atoms with Crippen molar-refractivity contribution in [2.45, 2.75) is 11.4 Å². The van der Waals surface area contributed by atoms with Crippen molar-refractivity contribution < 1.29 is 17.2 Å². The molecule has 0 atom stereocenters. The molecule has 0 unspecified atom stereocenters. The van der Waals surface area contributed by atoms with E-state index in [0.29, 0.717) is 18.3 Å². The van der Waals surface area contributed by atoms with Crippen LogP contribution in [0.1, 0.15) is 5.56 Å². The largest absolute Gasteiger partial charge is 0.280 e. The van der Waals surface area contributed by atoms with Crippen LogP contribution in [-0.2, 0) is 16.6 Å². The molecule has 0 saturated carbocycles. The summed E-state index contributed by atoms with van der Waals surface area (Å²) in [6, 6.07) is 9.00. The van der Waals surface area contributed by atoms with Crippen LogP contribution in [0.15, 0.2) is 60.0 Å². The molecule has 6 nitrogen and oxygen atoms in total. The van der Waals surface area contributed by atoms with Crippen molar-refractivity contribution in [1.29, 1.82) is 0 Å². The maximum Gasteiger partial charge on any atom is 0.261 e. The Labute approximate surface area is 136 Å². The first-order valence-corrected chi connectivity index (χ1v) is 8.31. The maximum absolute atomic E-state index is 13.2. The average Bonchev–Trinajstić information content (AvgIpc) is 3.04. The summed E-state index contributed by atoms with van der Waals surface area (Å²) in [6.07, 6.45) is 2.99. The van der Waals surface area contributed by atoms with Crippen LogP contribution in [0.25, 0.3) is 0 Å². The van der Waals surface area contributed by atoms with Gasteiger partial charge >= 0.3 is 0 Å². The molecule has 0 fully saturated rings. The third-order valence-electron chi connectivity index (χ3n) is 3.22. The Morgan fingerprint density at radius 1 is 1.04 bits per heavy atom. The standard InChI is InChI=1S/C15H12F2N4O2S/c16-14-6-5-13(7-15(14)17)24(22,23)20-12-3-1-11(2-4-12)8-21-10-18-9-19-21/h1-7,9-10,20H,8H2. The summed E-state index contributed by atoms with van der Waals surface area (Å²) in [5.74, 6) is -2.33. The van der Waals surface area contributed by atoms with Gasteiger partial charge in [-0.3, -0.25) is 4.72 Å². The van der Waals surface area contributed by atoms with Crippen LogP contribution in [0.4, 0.5) is 14.5 Å². The number of benzene rings is 2. The molecule has 0 spiro atoms. The highest BCUT2D eigenvalue weighted by atomic mass is 32.2. The fourth-order valence-electron chi connectivity index (χ4n) is 2.04. The number of aromatic nitrogens is 3. The number of halogens is 2. The van der Waals surface area contributed by atoms with E-state index in [1.54, 1.807) is 35.3 Å². The van der Waals surface area contributed by atoms with Crippen LogP contribution in [-0.4, -0.2) is 23.2 Å². The lowest BCUT2D eigenvalue weighted by Crippen LogP contribution is -2.13. The fraction of sp³-hybridized carbons (Fsp3) is 0.0667. The molecule has 3 rings (SSSR count). The van der Waals surface area contributed by atoms with Crippen LogP contribution in [0.3, 0.4) is 0 Å². The van der Waals surface area contributed by atoms with Crippen LogP contribution >= 0.6 is 0 Å². The van der Waals surface area contributed by atoms with Crippen molar-refractivity contribution in [3.8, 4) is 0 Å². The molecule has 1 heterocycles. The van der Waals surface area contributed by atoms with Gasteiger partial charge in [0.2, 0.25) is 0 Å². The Kier molecular flexibility index (Phi) is 4.26. The highest BCUT2D eigenvalue weighted by Crippen LogP contribution is 2.19. The lowest BCUT2D eigenvalue weighted by molar-refractivity contribution is 0.504. The minimum Gasteiger partial charge on any atom is -0.280 e. The summed E-state index contributed by atoms with van der Waals surface area (Å²) in [5.41, 5.74) is 1.21. The van der Waals surface area contributed by atoms with E-state index < -0.39 is 21.7 Å². The van der Waals surface area contributed by atoms with E-state index in [4.69, 9.17) is 0 Å². The van der Waals surface area contributed by atoms with Gasteiger partial charge in [-0.15, -0.1) is 0 Å². The first-order chi connectivity index (χ1) is 11.4. The van der Waals surface area contributed by atoms with Crippen molar-refractivity contribution in [3.05, 3.63) is 72.3 Å². The first kappa shape index (κ1) is 16.1. The minimum atomic E-state index is -4.00. The van der Waals surface area contributed by atoms with Crippen molar-refractivity contribution >= 4 is 15.7 Å². The van der Waals surface area contributed by atoms with Crippen LogP contribution in [0.5, 0.6) is 0 Å². The van der Waals surface area contributed by atoms with Gasteiger partial charge in [0.15, 0.2) is 11.6 Å². The Morgan fingerprint density at radius 2 is 1.79 bits per heavy atom. The summed E-state index contributed by atoms with van der Waals surface area (Å²) in [4.78, 5) is 3.48. The monoisotopic (exact) mass is 350 g/mol. The van der Waals surface area contributed by atoms with E-state index in [2.05, 4.69) is 14.8 Å². The first-order valence-electron chi connectivity index (χ1n) is 6.83. The Bertz CT molecular complexity index is 942. The van der Waals surface area contributed by atoms with Crippen molar-refractivity contribution in [2.24, 2.45) is 0 Å². The van der Waals surface area contributed by atoms with Gasteiger partial charge in [-0.25, -0.2) is 26.9 Å². The fourth-order valence-corrected chi connectivity index (χ4v) is 3.11. The highest BCUT2D eigenvalue weighted by Gasteiger charge is 2.16. The third kappa shape index (κ3) is 3.57. The van der Waals surface area contributed by atoms with Crippen LogP contribution in [0, 0.1) is 11.6 Å². The van der Waals surface area contributed by atoms with Crippen molar-refractivity contribution in [2.75, 3.05) is 4.72 Å². The van der Waals surface area contributed by atoms with Crippen LogP contribution in [0.2, 0.25) is 0 Å². The second-order valence-corrected chi connectivity index (χ2v) is 6.65. The zero-order chi connectivity index (χ0) is 17.2. The Balaban J connectivity index is 1.76. The molecule has 0 bridgehead atoms. The van der Waals surface area contributed by atoms with Gasteiger partial charge in [0.05, 0.1) is 11.4 Å². The van der Waals surface area contributed by atoms with Gasteiger partial charge in [-0.05, 0) is 35.9 Å². The van der Waals surface area contributed by atoms with Gasteiger partial charge in [0.25, 0.3) is 10.0 Å². The number of hydrogen-bond acceptors (Lipinski definition) is 4. The van der Waals surface area contributed by atoms with Gasteiger partial charge in [0, 0.05) is 5.69 Å². The summed E-state index contributed by atoms with van der Waals surface area (Å²) in [5, 5.41) is 3.98. The highest BCUT2D eigenvalue weighted by molar-refractivity contribution is 7.92. The molecular formula is C15H12F2N4O2S. The van der Waals surface area contributed by atoms with Gasteiger partial charge in [-0.1, -0.05) is 12.1 Å². The van der Waals surface area contributed by atoms with Crippen molar-refractivity contribution in [1.82, 2.24) is 14.8 Å². The maximum atomic E-state index is 13.2. The van der Waals surface area contributed by atoms with E-state index >= 15 is 0 Å². The average molecular weight is 350 g/mol. The van der Waals surface area contributed by atoms with E-state index in [0.717, 1.165) is 17.7 Å². The summed E-state index contributed by atoms with van der Waals surface area (Å²) < 4.78 is 54.4. The van der Waals surface area contributed by atoms with E-state index in [-0.39, 0.29) is 4.90 Å². The van der Waals surface area contributed by atoms with E-state index in [1.165, 1.54) is 6.33 Å². The zero-order valence-electron chi connectivity index (χ0n) is 12.2. The van der Waals surface area contributed by atoms with Crippen LogP contribution < -0.4 is 4.72 Å². The number of nitrogens with one attached hydrogen (secondary N) is 1. The molecule has 0 saturated heterocycles. The molecule has 2 aromatic carbocycles. The Hall–Kier alpha value is -2.81. The Morgan fingerprint density at radius 3 is 2.42 bits per heavy atom. The quantitative estimate of drug-likeness (QED) is 0.767. The zero-order valence-corrected chi connectivity index (χ0v) is 13.0. The molecule has 0 radical (unpaired) electrons. The summed E-state index contributed by atoms with van der Waals surface area (Å²) in [7, 11) is -4.00. The molecule has 3 aromatic rings. The molecule has 24 heavy (non-hydrogen) atoms. The molecule has 0 aliphatic carbocycles. The molecule has 0 aliphatic heterocycles. The normalized spacial score (nSPS) is 11.4.